The van der Waals surface area contributed by atoms with Crippen LogP contribution in [0, 0.1) is 69.0 Å². The lowest BCUT2D eigenvalue weighted by Crippen LogP contribution is -2.68. The first-order valence-corrected chi connectivity index (χ1v) is 24.2. The van der Waals surface area contributed by atoms with E-state index in [2.05, 4.69) is 82.0 Å². The fraction of sp³-hybridized carbons (Fsp3) is 0.900. The quantitative estimate of drug-likeness (QED) is 0.181. The van der Waals surface area contributed by atoms with Crippen LogP contribution >= 0.6 is 0 Å². The van der Waals surface area contributed by atoms with Gasteiger partial charge in [-0.2, -0.15) is 0 Å². The van der Waals surface area contributed by atoms with Crippen molar-refractivity contribution in [3.8, 4) is 0 Å². The summed E-state index contributed by atoms with van der Waals surface area (Å²) in [6.45, 7) is 25.9. The van der Waals surface area contributed by atoms with E-state index in [-0.39, 0.29) is 45.6 Å². The number of ether oxygens (including phenoxy) is 2. The van der Waals surface area contributed by atoms with E-state index >= 15 is 4.79 Å². The third kappa shape index (κ3) is 6.03. The Morgan fingerprint density at radius 1 is 0.780 bits per heavy atom. The average Bonchev–Trinajstić information content (AvgIpc) is 3.45. The molecule has 0 radical (unpaired) electrons. The van der Waals surface area contributed by atoms with Crippen molar-refractivity contribution in [2.75, 3.05) is 0 Å². The molecule has 9 rings (SSSR count). The number of carbonyl (C=O) groups excluding carboxylic acids is 3. The Kier molecular flexibility index (Phi) is 9.78. The van der Waals surface area contributed by atoms with E-state index in [0.29, 0.717) is 71.4 Å². The number of amides is 1. The normalized spacial score (nSPS) is 44.2. The monoisotopic (exact) mass is 815 g/mol. The number of fused-ring (bicyclic) bond motifs is 9. The van der Waals surface area contributed by atoms with Crippen LogP contribution in [0.15, 0.2) is 0 Å². The van der Waals surface area contributed by atoms with Gasteiger partial charge in [-0.05, 0) is 175 Å². The largest absolute Gasteiger partial charge is 0.462 e. The second kappa shape index (κ2) is 13.8. The molecule has 328 valence electrons. The molecule has 2 saturated heterocycles. The number of nitrogens with zero attached hydrogens (tertiary/aromatic N) is 4. The Bertz CT molecular complexity index is 1830. The number of rotatable bonds is 9. The van der Waals surface area contributed by atoms with Gasteiger partial charge in [-0.15, -0.1) is 10.2 Å². The van der Waals surface area contributed by atoms with Gasteiger partial charge in [-0.25, -0.2) is 0 Å². The summed E-state index contributed by atoms with van der Waals surface area (Å²) in [5.41, 5.74) is -0.303. The minimum Gasteiger partial charge on any atom is -0.462 e. The Hall–Kier alpha value is -2.45. The molecule has 0 spiro atoms. The molecule has 12 atom stereocenters. The van der Waals surface area contributed by atoms with Crippen LogP contribution in [0.2, 0.25) is 0 Å². The third-order valence-corrected chi connectivity index (χ3v) is 20.7. The van der Waals surface area contributed by atoms with Crippen molar-refractivity contribution < 1.29 is 23.9 Å². The number of hydrogen-bond acceptors (Lipinski definition) is 7. The van der Waals surface area contributed by atoms with Gasteiger partial charge in [-0.3, -0.25) is 14.4 Å². The number of aromatic nitrogens is 3. The van der Waals surface area contributed by atoms with Crippen molar-refractivity contribution in [3.05, 3.63) is 11.6 Å². The van der Waals surface area contributed by atoms with E-state index in [9.17, 15) is 9.59 Å². The Labute approximate surface area is 355 Å². The minimum atomic E-state index is -0.878. The summed E-state index contributed by atoms with van der Waals surface area (Å²) in [5.74, 6) is 5.52. The lowest BCUT2D eigenvalue weighted by atomic mass is 9.32. The SMILES string of the molecule is Cc1nnc(C(C)C)n1C1CC2CCC(C1)N2C(=O)[C@]12CC[C@@H](C3(C)CC3)[C@@H]1[C@H]1CC[C@@H]3[C@@]4(C)CC[C@H](OC(=O)CC(C)(C)OC=O)C(C)(C)[C@@H]4CC[C@@]3(C)[C@]1(C)CC2. The minimum absolute atomic E-state index is 0.0630. The first-order chi connectivity index (χ1) is 27.7. The molecule has 1 amide bonds. The molecule has 9 heteroatoms. The van der Waals surface area contributed by atoms with Crippen LogP contribution in [0.25, 0.3) is 0 Å². The predicted octanol–water partition coefficient (Wildman–Crippen LogP) is 10.5. The van der Waals surface area contributed by atoms with Gasteiger partial charge in [0, 0.05) is 29.5 Å². The Morgan fingerprint density at radius 3 is 2.12 bits per heavy atom. The van der Waals surface area contributed by atoms with Crippen LogP contribution < -0.4 is 0 Å². The lowest BCUT2D eigenvalue weighted by Gasteiger charge is -2.73. The Balaban J connectivity index is 0.981. The van der Waals surface area contributed by atoms with Crippen molar-refractivity contribution >= 4 is 18.3 Å². The summed E-state index contributed by atoms with van der Waals surface area (Å²) in [4.78, 5) is 42.7. The molecule has 8 fully saturated rings. The molecule has 8 aliphatic rings. The molecule has 59 heavy (non-hydrogen) atoms. The second-order valence-corrected chi connectivity index (χ2v) is 24.5. The van der Waals surface area contributed by atoms with Crippen LogP contribution in [0.3, 0.4) is 0 Å². The summed E-state index contributed by atoms with van der Waals surface area (Å²) in [7, 11) is 0. The molecule has 9 nitrogen and oxygen atoms in total. The van der Waals surface area contributed by atoms with Gasteiger partial charge in [0.2, 0.25) is 5.91 Å². The molecular weight excluding hydrogens is 737 g/mol. The first kappa shape index (κ1) is 41.9. The van der Waals surface area contributed by atoms with Crippen molar-refractivity contribution in [2.45, 2.75) is 221 Å². The molecule has 3 heterocycles. The number of esters is 1. The topological polar surface area (TPSA) is 104 Å². The second-order valence-electron chi connectivity index (χ2n) is 24.5. The van der Waals surface area contributed by atoms with Crippen LogP contribution in [-0.2, 0) is 23.9 Å². The fourth-order valence-corrected chi connectivity index (χ4v) is 17.4. The summed E-state index contributed by atoms with van der Waals surface area (Å²) in [5, 5.41) is 9.15. The zero-order valence-corrected chi connectivity index (χ0v) is 38.7. The van der Waals surface area contributed by atoms with E-state index in [0.717, 1.165) is 69.4 Å². The van der Waals surface area contributed by atoms with Gasteiger partial charge in [0.1, 0.15) is 23.4 Å². The van der Waals surface area contributed by atoms with Crippen LogP contribution in [0.1, 0.15) is 202 Å². The molecule has 6 saturated carbocycles. The van der Waals surface area contributed by atoms with Crippen molar-refractivity contribution in [3.63, 3.8) is 0 Å². The van der Waals surface area contributed by atoms with Crippen LogP contribution in [0.4, 0.5) is 0 Å². The van der Waals surface area contributed by atoms with Crippen molar-refractivity contribution in [1.29, 1.82) is 0 Å². The zero-order chi connectivity index (χ0) is 42.3. The van der Waals surface area contributed by atoms with Crippen LogP contribution in [0.5, 0.6) is 0 Å². The smallest absolute Gasteiger partial charge is 0.310 e. The van der Waals surface area contributed by atoms with Gasteiger partial charge in [0.15, 0.2) is 0 Å². The standard InChI is InChI=1S/C50H78N4O5/c1-30(2)42-52-51-31(3)53(42)34-26-32-12-13-33(27-34)54(32)43(57)50-21-16-35(46(8)22-23-46)41(50)36-14-15-38-47(9)19-18-39(59-40(56)28-44(4,5)58-29-55)45(6,7)37(47)17-20-49(38,11)48(36,10)24-25-50/h29-30,32-39,41H,12-28H2,1-11H3/t32?,33?,34?,35-,36-,37+,38-,39+,41-,47+,48-,49-,50+/m1/s1. The third-order valence-electron chi connectivity index (χ3n) is 20.7. The molecule has 1 aromatic heterocycles. The van der Waals surface area contributed by atoms with E-state index in [4.69, 9.17) is 9.47 Å². The highest BCUT2D eigenvalue weighted by Gasteiger charge is 2.74. The molecule has 2 bridgehead atoms. The van der Waals surface area contributed by atoms with Crippen LogP contribution in [-0.4, -0.2) is 61.8 Å². The molecular formula is C50H78N4O5. The zero-order valence-electron chi connectivity index (χ0n) is 38.7. The van der Waals surface area contributed by atoms with E-state index in [1.165, 1.54) is 44.9 Å². The molecule has 0 aromatic carbocycles. The Morgan fingerprint density at radius 2 is 1.47 bits per heavy atom. The number of piperidine rings is 1. The number of carbonyl (C=O) groups is 3. The van der Waals surface area contributed by atoms with Gasteiger partial charge in [0.05, 0.1) is 11.8 Å². The highest BCUT2D eigenvalue weighted by molar-refractivity contribution is 5.85. The van der Waals surface area contributed by atoms with Crippen molar-refractivity contribution in [1.82, 2.24) is 19.7 Å². The first-order valence-electron chi connectivity index (χ1n) is 24.2. The molecule has 2 aliphatic heterocycles. The van der Waals surface area contributed by atoms with Gasteiger partial charge < -0.3 is 18.9 Å². The molecule has 1 aromatic rings. The summed E-state index contributed by atoms with van der Waals surface area (Å²) < 4.78 is 14.0. The maximum atomic E-state index is 15.8. The maximum absolute atomic E-state index is 15.8. The van der Waals surface area contributed by atoms with E-state index in [1.54, 1.807) is 13.8 Å². The van der Waals surface area contributed by atoms with E-state index in [1.807, 2.05) is 0 Å². The number of aryl methyl sites for hydroxylation is 1. The lowest BCUT2D eigenvalue weighted by molar-refractivity contribution is -0.252. The molecule has 6 aliphatic carbocycles. The van der Waals surface area contributed by atoms with E-state index < -0.39 is 5.60 Å². The fourth-order valence-electron chi connectivity index (χ4n) is 17.4. The maximum Gasteiger partial charge on any atom is 0.310 e. The molecule has 2 unspecified atom stereocenters. The van der Waals surface area contributed by atoms with Gasteiger partial charge in [-0.1, -0.05) is 55.4 Å². The van der Waals surface area contributed by atoms with Gasteiger partial charge in [0.25, 0.3) is 6.47 Å². The average molecular weight is 815 g/mol. The summed E-state index contributed by atoms with van der Waals surface area (Å²) >= 11 is 0. The predicted molar refractivity (Wildman–Crippen MR) is 228 cm³/mol. The highest BCUT2D eigenvalue weighted by atomic mass is 16.6. The summed E-state index contributed by atoms with van der Waals surface area (Å²) in [6.07, 6.45) is 18.3. The van der Waals surface area contributed by atoms with Crippen molar-refractivity contribution in [2.24, 2.45) is 62.1 Å². The highest BCUT2D eigenvalue weighted by Crippen LogP contribution is 2.79. The number of hydrogen-bond donors (Lipinski definition) is 0. The van der Waals surface area contributed by atoms with Gasteiger partial charge >= 0.3 is 5.97 Å². The molecule has 0 N–H and O–H groups in total. The summed E-state index contributed by atoms with van der Waals surface area (Å²) in [6, 6.07) is 1.02.